The maximum atomic E-state index is 13.2. The standard InChI is InChI=1S/C31H42O11/c1-18-10-11-30-16-38-27(35)14-28(4,36)22(33)15-37-21(19(2)40-20(3)32)8-6-7-9-26(34)42-23-13-25(41-24(30)12-18)31(17-39-31)29(23,30)5/h6-9,12,19,21-25,33,36H,10-11,13-17H2,1-5H3. The topological polar surface area (TPSA) is 150 Å². The molecule has 10 unspecified atom stereocenters. The number of hydrogen-bond acceptors (Lipinski definition) is 11. The van der Waals surface area contributed by atoms with Crippen LogP contribution in [-0.4, -0.2) is 95.8 Å². The van der Waals surface area contributed by atoms with Gasteiger partial charge in [-0.05, 0) is 33.6 Å². The molecule has 0 aromatic heterocycles. The summed E-state index contributed by atoms with van der Waals surface area (Å²) in [6, 6.07) is 0. The van der Waals surface area contributed by atoms with E-state index in [1.165, 1.54) is 31.6 Å². The van der Waals surface area contributed by atoms with E-state index in [1.54, 1.807) is 19.1 Å². The van der Waals surface area contributed by atoms with E-state index in [4.69, 9.17) is 28.4 Å². The third-order valence-electron chi connectivity index (χ3n) is 10.1. The van der Waals surface area contributed by atoms with Gasteiger partial charge in [0.2, 0.25) is 0 Å². The van der Waals surface area contributed by atoms with Crippen molar-refractivity contribution in [1.29, 1.82) is 0 Å². The molecular formula is C31H42O11. The Hall–Kier alpha value is -2.57. The summed E-state index contributed by atoms with van der Waals surface area (Å²) in [7, 11) is 0. The normalized spacial score (nSPS) is 44.6. The molecule has 3 aliphatic heterocycles. The first-order valence-corrected chi connectivity index (χ1v) is 14.6. The Morgan fingerprint density at radius 1 is 1.17 bits per heavy atom. The molecule has 3 fully saturated rings. The van der Waals surface area contributed by atoms with Crippen molar-refractivity contribution >= 4 is 17.9 Å². The lowest BCUT2D eigenvalue weighted by Crippen LogP contribution is -2.66. The highest BCUT2D eigenvalue weighted by Gasteiger charge is 2.83. The summed E-state index contributed by atoms with van der Waals surface area (Å²) in [5.41, 5.74) is -2.84. The number of rotatable bonds is 2. The second kappa shape index (κ2) is 11.2. The number of carbonyl (C=O) groups is 3. The van der Waals surface area contributed by atoms with Gasteiger partial charge in [-0.25, -0.2) is 4.79 Å². The van der Waals surface area contributed by atoms with E-state index in [2.05, 4.69) is 13.0 Å². The molecule has 0 radical (unpaired) electrons. The quantitative estimate of drug-likeness (QED) is 0.211. The van der Waals surface area contributed by atoms with Crippen LogP contribution in [0.5, 0.6) is 0 Å². The van der Waals surface area contributed by atoms with Gasteiger partial charge in [0.1, 0.15) is 42.2 Å². The average molecular weight is 591 g/mol. The predicted octanol–water partition coefficient (Wildman–Crippen LogP) is 2.08. The summed E-state index contributed by atoms with van der Waals surface area (Å²) < 4.78 is 35.7. The molecule has 2 bridgehead atoms. The summed E-state index contributed by atoms with van der Waals surface area (Å²) in [4.78, 5) is 37.8. The summed E-state index contributed by atoms with van der Waals surface area (Å²) in [6.45, 7) is 8.37. The zero-order valence-corrected chi connectivity index (χ0v) is 24.9. The third-order valence-corrected chi connectivity index (χ3v) is 10.1. The van der Waals surface area contributed by atoms with Gasteiger partial charge in [-0.15, -0.1) is 0 Å². The third kappa shape index (κ3) is 5.23. The first kappa shape index (κ1) is 30.9. The van der Waals surface area contributed by atoms with E-state index in [0.29, 0.717) is 19.4 Å². The Bertz CT molecular complexity index is 1180. The van der Waals surface area contributed by atoms with Crippen LogP contribution in [0, 0.1) is 10.8 Å². The van der Waals surface area contributed by atoms with Gasteiger partial charge >= 0.3 is 17.9 Å². The van der Waals surface area contributed by atoms with E-state index in [9.17, 15) is 24.6 Å². The molecule has 5 rings (SSSR count). The Morgan fingerprint density at radius 3 is 2.60 bits per heavy atom. The minimum atomic E-state index is -1.87. The minimum absolute atomic E-state index is 0.0358. The van der Waals surface area contributed by atoms with Gasteiger partial charge in [-0.2, -0.15) is 0 Å². The van der Waals surface area contributed by atoms with Crippen LogP contribution in [0.1, 0.15) is 60.3 Å². The molecule has 2 spiro atoms. The number of allylic oxidation sites excluding steroid dienone is 3. The number of carbonyl (C=O) groups excluding carboxylic acids is 3. The van der Waals surface area contributed by atoms with E-state index in [-0.39, 0.29) is 25.4 Å². The molecule has 1 saturated carbocycles. The van der Waals surface area contributed by atoms with Crippen LogP contribution < -0.4 is 0 Å². The number of aliphatic hydroxyl groups excluding tert-OH is 1. The van der Waals surface area contributed by atoms with Crippen LogP contribution in [0.4, 0.5) is 0 Å². The largest absolute Gasteiger partial charge is 0.465 e. The van der Waals surface area contributed by atoms with Crippen LogP contribution >= 0.6 is 0 Å². The lowest BCUT2D eigenvalue weighted by molar-refractivity contribution is -0.234. The number of hydrogen-bond donors (Lipinski definition) is 2. The highest BCUT2D eigenvalue weighted by atomic mass is 16.6. The van der Waals surface area contributed by atoms with Crippen LogP contribution in [-0.2, 0) is 42.8 Å². The second-order valence-corrected chi connectivity index (χ2v) is 12.8. The van der Waals surface area contributed by atoms with Gasteiger partial charge in [0, 0.05) is 24.8 Å². The molecule has 11 heteroatoms. The zero-order valence-electron chi connectivity index (χ0n) is 24.9. The van der Waals surface area contributed by atoms with Crippen molar-refractivity contribution in [3.05, 3.63) is 36.0 Å². The molecule has 42 heavy (non-hydrogen) atoms. The highest BCUT2D eigenvalue weighted by molar-refractivity contribution is 5.82. The van der Waals surface area contributed by atoms with Crippen molar-refractivity contribution in [3.63, 3.8) is 0 Å². The van der Waals surface area contributed by atoms with Gasteiger partial charge in [-0.3, -0.25) is 9.59 Å². The summed E-state index contributed by atoms with van der Waals surface area (Å²) >= 11 is 0. The molecule has 3 heterocycles. The van der Waals surface area contributed by atoms with Crippen molar-refractivity contribution in [2.75, 3.05) is 19.8 Å². The zero-order chi connectivity index (χ0) is 30.5. The first-order valence-electron chi connectivity index (χ1n) is 14.6. The molecular weight excluding hydrogens is 548 g/mol. The maximum Gasteiger partial charge on any atom is 0.331 e. The first-order chi connectivity index (χ1) is 19.7. The van der Waals surface area contributed by atoms with Crippen molar-refractivity contribution in [1.82, 2.24) is 0 Å². The molecule has 5 aliphatic rings. The van der Waals surface area contributed by atoms with Crippen molar-refractivity contribution in [2.24, 2.45) is 10.8 Å². The fourth-order valence-electron chi connectivity index (χ4n) is 7.35. The monoisotopic (exact) mass is 590 g/mol. The van der Waals surface area contributed by atoms with Crippen LogP contribution in [0.3, 0.4) is 0 Å². The van der Waals surface area contributed by atoms with Gasteiger partial charge in [0.15, 0.2) is 0 Å². The van der Waals surface area contributed by atoms with Crippen molar-refractivity contribution in [3.8, 4) is 0 Å². The van der Waals surface area contributed by atoms with Crippen molar-refractivity contribution in [2.45, 2.75) is 108 Å². The van der Waals surface area contributed by atoms with Crippen LogP contribution in [0.2, 0.25) is 0 Å². The Kier molecular flexibility index (Phi) is 8.21. The van der Waals surface area contributed by atoms with Crippen LogP contribution in [0.25, 0.3) is 0 Å². The molecule has 232 valence electrons. The van der Waals surface area contributed by atoms with Gasteiger partial charge in [-0.1, -0.05) is 36.8 Å². The van der Waals surface area contributed by atoms with Gasteiger partial charge in [0.25, 0.3) is 0 Å². The molecule has 0 aromatic carbocycles. The lowest BCUT2D eigenvalue weighted by atomic mass is 9.51. The molecule has 2 saturated heterocycles. The smallest absolute Gasteiger partial charge is 0.331 e. The minimum Gasteiger partial charge on any atom is -0.465 e. The van der Waals surface area contributed by atoms with Crippen LogP contribution in [0.15, 0.2) is 36.0 Å². The van der Waals surface area contributed by atoms with E-state index in [0.717, 1.165) is 6.42 Å². The molecule has 2 aliphatic carbocycles. The number of esters is 3. The average Bonchev–Trinajstić information content (AvgIpc) is 3.68. The summed E-state index contributed by atoms with van der Waals surface area (Å²) in [6.07, 6.45) is 5.09. The van der Waals surface area contributed by atoms with Gasteiger partial charge in [0.05, 0.1) is 37.3 Å². The lowest BCUT2D eigenvalue weighted by Gasteiger charge is -2.58. The van der Waals surface area contributed by atoms with Gasteiger partial charge < -0.3 is 38.6 Å². The Morgan fingerprint density at radius 2 is 1.90 bits per heavy atom. The van der Waals surface area contributed by atoms with E-state index < -0.39 is 70.8 Å². The molecule has 10 atom stereocenters. The molecule has 0 aromatic rings. The van der Waals surface area contributed by atoms with E-state index >= 15 is 0 Å². The van der Waals surface area contributed by atoms with E-state index in [1.807, 2.05) is 6.92 Å². The second-order valence-electron chi connectivity index (χ2n) is 12.8. The number of aliphatic hydroxyl groups is 2. The number of ether oxygens (including phenoxy) is 6. The Balaban J connectivity index is 1.49. The molecule has 11 nitrogen and oxygen atoms in total. The summed E-state index contributed by atoms with van der Waals surface area (Å²) in [5.74, 6) is -1.76. The van der Waals surface area contributed by atoms with Crippen molar-refractivity contribution < 1.29 is 53.0 Å². The summed E-state index contributed by atoms with van der Waals surface area (Å²) in [5, 5.41) is 21.8. The highest BCUT2D eigenvalue weighted by Crippen LogP contribution is 2.72. The molecule has 2 N–H and O–H groups in total. The SMILES string of the molecule is CC(=O)OC(C)C1C=CC=CC(=O)OC2CC3OC4C=C(C)CCC4(COC(=O)CC(C)(O)C(O)CO1)C2(C)C31CO1. The fraction of sp³-hybridized carbons (Fsp3) is 0.710. The number of epoxide rings is 1. The molecule has 0 amide bonds. The Labute approximate surface area is 245 Å². The number of cyclic esters (lactones) is 1. The predicted molar refractivity (Wildman–Crippen MR) is 147 cm³/mol. The fourth-order valence-corrected chi connectivity index (χ4v) is 7.35. The maximum absolute atomic E-state index is 13.2.